The molecule has 2 aromatic heterocycles. The fraction of sp³-hybridized carbons (Fsp3) is 0.476. The zero-order valence-corrected chi connectivity index (χ0v) is 17.0. The van der Waals surface area contributed by atoms with Crippen LogP contribution in [0.4, 0.5) is 11.5 Å². The van der Waals surface area contributed by atoms with Gasteiger partial charge in [0.15, 0.2) is 5.82 Å². The number of benzene rings is 1. The van der Waals surface area contributed by atoms with Crippen molar-refractivity contribution in [3.63, 3.8) is 0 Å². The monoisotopic (exact) mass is 382 g/mol. The summed E-state index contributed by atoms with van der Waals surface area (Å²) in [6.45, 7) is 6.62. The summed E-state index contributed by atoms with van der Waals surface area (Å²) in [5.41, 5.74) is 2.90. The van der Waals surface area contributed by atoms with Gasteiger partial charge >= 0.3 is 0 Å². The van der Waals surface area contributed by atoms with Crippen molar-refractivity contribution in [2.75, 3.05) is 30.9 Å². The molecule has 2 heterocycles. The number of fused-ring (bicyclic) bond motifs is 1. The molecule has 3 aromatic rings. The van der Waals surface area contributed by atoms with E-state index in [2.05, 4.69) is 46.8 Å². The molecular formula is C21H30N6O. The first-order valence-electron chi connectivity index (χ1n) is 9.96. The van der Waals surface area contributed by atoms with Crippen molar-refractivity contribution in [1.29, 1.82) is 0 Å². The van der Waals surface area contributed by atoms with E-state index in [-0.39, 0.29) is 5.92 Å². The van der Waals surface area contributed by atoms with E-state index in [0.717, 1.165) is 61.9 Å². The summed E-state index contributed by atoms with van der Waals surface area (Å²) < 4.78 is 6.95. The Morgan fingerprint density at radius 1 is 1.04 bits per heavy atom. The van der Waals surface area contributed by atoms with Gasteiger partial charge in [-0.1, -0.05) is 44.2 Å². The Morgan fingerprint density at radius 3 is 2.61 bits per heavy atom. The maximum Gasteiger partial charge on any atom is 0.201 e. The lowest BCUT2D eigenvalue weighted by atomic mass is 10.2. The molecule has 2 N–H and O–H groups in total. The molecule has 0 fully saturated rings. The number of aromatic nitrogens is 4. The molecular weight excluding hydrogens is 352 g/mol. The number of anilines is 2. The van der Waals surface area contributed by atoms with Gasteiger partial charge in [0, 0.05) is 38.8 Å². The second-order valence-electron chi connectivity index (χ2n) is 7.21. The molecule has 7 nitrogen and oxygen atoms in total. The van der Waals surface area contributed by atoms with Gasteiger partial charge in [-0.3, -0.25) is 0 Å². The van der Waals surface area contributed by atoms with E-state index in [9.17, 15) is 0 Å². The standard InChI is InChI=1S/C21H30N6O/c1-16(2)20-24-25-21-18(23-15-17-10-6-4-7-11-17)14-19(26-27(20)21)22-12-8-5-9-13-28-3/h4,6-7,10-11,14,16,23H,5,8-9,12-13,15H2,1-3H3,(H,22,26). The fourth-order valence-electron chi connectivity index (χ4n) is 3.03. The van der Waals surface area contributed by atoms with Crippen LogP contribution in [0.3, 0.4) is 0 Å². The molecule has 0 bridgehead atoms. The Bertz CT molecular complexity index is 862. The van der Waals surface area contributed by atoms with Gasteiger partial charge in [-0.15, -0.1) is 15.3 Å². The maximum atomic E-state index is 5.10. The SMILES string of the molecule is COCCCCCNc1cc(NCc2ccccc2)c2nnc(C(C)C)n2n1. The number of hydrogen-bond donors (Lipinski definition) is 2. The molecule has 0 unspecified atom stereocenters. The van der Waals surface area contributed by atoms with E-state index in [1.807, 2.05) is 28.8 Å². The van der Waals surface area contributed by atoms with E-state index in [1.54, 1.807) is 7.11 Å². The number of nitrogens with zero attached hydrogens (tertiary/aromatic N) is 4. The minimum Gasteiger partial charge on any atom is -0.385 e. The van der Waals surface area contributed by atoms with Crippen LogP contribution in [0.15, 0.2) is 36.4 Å². The van der Waals surface area contributed by atoms with Crippen LogP contribution < -0.4 is 10.6 Å². The van der Waals surface area contributed by atoms with Gasteiger partial charge in [-0.2, -0.15) is 4.52 Å². The molecule has 0 amide bonds. The molecule has 0 radical (unpaired) electrons. The topological polar surface area (TPSA) is 76.4 Å². The van der Waals surface area contributed by atoms with Gasteiger partial charge in [0.05, 0.1) is 5.69 Å². The summed E-state index contributed by atoms with van der Waals surface area (Å²) in [6.07, 6.45) is 3.29. The molecule has 150 valence electrons. The highest BCUT2D eigenvalue weighted by Gasteiger charge is 2.15. The van der Waals surface area contributed by atoms with Gasteiger partial charge in [-0.25, -0.2) is 0 Å². The normalized spacial score (nSPS) is 11.3. The number of hydrogen-bond acceptors (Lipinski definition) is 6. The zero-order chi connectivity index (χ0) is 19.8. The molecule has 0 aliphatic heterocycles. The van der Waals surface area contributed by atoms with Gasteiger partial charge < -0.3 is 15.4 Å². The van der Waals surface area contributed by atoms with Crippen LogP contribution in [0.2, 0.25) is 0 Å². The Hall–Kier alpha value is -2.67. The number of unbranched alkanes of at least 4 members (excludes halogenated alkanes) is 2. The average molecular weight is 383 g/mol. The molecule has 0 saturated carbocycles. The van der Waals surface area contributed by atoms with E-state index in [4.69, 9.17) is 9.84 Å². The Kier molecular flexibility index (Phi) is 7.19. The molecule has 0 aliphatic rings. The number of nitrogens with one attached hydrogen (secondary N) is 2. The first-order valence-corrected chi connectivity index (χ1v) is 9.96. The molecule has 28 heavy (non-hydrogen) atoms. The van der Waals surface area contributed by atoms with Gasteiger partial charge in [0.2, 0.25) is 5.65 Å². The van der Waals surface area contributed by atoms with Crippen molar-refractivity contribution in [3.8, 4) is 0 Å². The molecule has 3 rings (SSSR count). The summed E-state index contributed by atoms with van der Waals surface area (Å²) in [7, 11) is 1.74. The van der Waals surface area contributed by atoms with Crippen molar-refractivity contribution in [1.82, 2.24) is 19.8 Å². The van der Waals surface area contributed by atoms with Crippen LogP contribution in [0.25, 0.3) is 5.65 Å². The summed E-state index contributed by atoms with van der Waals surface area (Å²) in [6, 6.07) is 12.3. The highest BCUT2D eigenvalue weighted by Crippen LogP contribution is 2.22. The van der Waals surface area contributed by atoms with Crippen LogP contribution in [-0.4, -0.2) is 40.1 Å². The predicted octanol–water partition coefficient (Wildman–Crippen LogP) is 4.09. The zero-order valence-electron chi connectivity index (χ0n) is 17.0. The highest BCUT2D eigenvalue weighted by atomic mass is 16.5. The third-order valence-corrected chi connectivity index (χ3v) is 4.57. The lowest BCUT2D eigenvalue weighted by Crippen LogP contribution is -2.10. The molecule has 0 atom stereocenters. The molecule has 0 spiro atoms. The second kappa shape index (κ2) is 10.0. The lowest BCUT2D eigenvalue weighted by Gasteiger charge is -2.12. The number of ether oxygens (including phenoxy) is 1. The van der Waals surface area contributed by atoms with Crippen LogP contribution in [0.5, 0.6) is 0 Å². The first kappa shape index (κ1) is 20.1. The van der Waals surface area contributed by atoms with Gasteiger partial charge in [0.25, 0.3) is 0 Å². The smallest absolute Gasteiger partial charge is 0.201 e. The average Bonchev–Trinajstić information content (AvgIpc) is 3.14. The highest BCUT2D eigenvalue weighted by molar-refractivity contribution is 5.70. The first-order chi connectivity index (χ1) is 13.7. The molecule has 0 saturated heterocycles. The van der Waals surface area contributed by atoms with E-state index in [1.165, 1.54) is 5.56 Å². The van der Waals surface area contributed by atoms with Gasteiger partial charge in [0.1, 0.15) is 5.82 Å². The predicted molar refractivity (Wildman–Crippen MR) is 113 cm³/mol. The summed E-state index contributed by atoms with van der Waals surface area (Å²) >= 11 is 0. The Labute approximate surface area is 166 Å². The van der Waals surface area contributed by atoms with Crippen LogP contribution in [0, 0.1) is 0 Å². The van der Waals surface area contributed by atoms with Crippen LogP contribution in [0.1, 0.15) is 50.4 Å². The lowest BCUT2D eigenvalue weighted by molar-refractivity contribution is 0.192. The third kappa shape index (κ3) is 5.19. The Morgan fingerprint density at radius 2 is 1.86 bits per heavy atom. The quantitative estimate of drug-likeness (QED) is 0.487. The largest absolute Gasteiger partial charge is 0.385 e. The molecule has 0 aliphatic carbocycles. The summed E-state index contributed by atoms with van der Waals surface area (Å²) in [5, 5.41) is 20.4. The van der Waals surface area contributed by atoms with Crippen molar-refractivity contribution < 1.29 is 4.74 Å². The van der Waals surface area contributed by atoms with Crippen molar-refractivity contribution >= 4 is 17.2 Å². The third-order valence-electron chi connectivity index (χ3n) is 4.57. The van der Waals surface area contributed by atoms with Crippen LogP contribution in [-0.2, 0) is 11.3 Å². The number of rotatable bonds is 11. The van der Waals surface area contributed by atoms with E-state index in [0.29, 0.717) is 0 Å². The second-order valence-corrected chi connectivity index (χ2v) is 7.21. The number of methoxy groups -OCH3 is 1. The Balaban J connectivity index is 1.76. The minimum atomic E-state index is 0.244. The minimum absolute atomic E-state index is 0.244. The summed E-state index contributed by atoms with van der Waals surface area (Å²) in [5.74, 6) is 1.94. The van der Waals surface area contributed by atoms with Crippen molar-refractivity contribution in [2.45, 2.75) is 45.6 Å². The molecule has 7 heteroatoms. The fourth-order valence-corrected chi connectivity index (χ4v) is 3.03. The van der Waals surface area contributed by atoms with Crippen molar-refractivity contribution in [2.24, 2.45) is 0 Å². The summed E-state index contributed by atoms with van der Waals surface area (Å²) in [4.78, 5) is 0. The van der Waals surface area contributed by atoms with Gasteiger partial charge in [-0.05, 0) is 24.8 Å². The van der Waals surface area contributed by atoms with E-state index >= 15 is 0 Å². The molecule has 1 aromatic carbocycles. The van der Waals surface area contributed by atoms with E-state index < -0.39 is 0 Å². The van der Waals surface area contributed by atoms with Crippen LogP contribution >= 0.6 is 0 Å². The van der Waals surface area contributed by atoms with Crippen molar-refractivity contribution in [3.05, 3.63) is 47.8 Å². The maximum absolute atomic E-state index is 5.10.